The van der Waals surface area contributed by atoms with Gasteiger partial charge in [-0.25, -0.2) is 0 Å². The van der Waals surface area contributed by atoms with Crippen molar-refractivity contribution < 1.29 is 5.11 Å². The highest BCUT2D eigenvalue weighted by atomic mass is 16.2. The maximum absolute atomic E-state index is 7.57. The van der Waals surface area contributed by atoms with E-state index in [0.29, 0.717) is 0 Å². The summed E-state index contributed by atoms with van der Waals surface area (Å²) in [4.78, 5) is 2.38. The summed E-state index contributed by atoms with van der Waals surface area (Å²) >= 11 is 0. The summed E-state index contributed by atoms with van der Waals surface area (Å²) in [6, 6.07) is 0. The van der Waals surface area contributed by atoms with Crippen LogP contribution in [0.1, 0.15) is 27.7 Å². The first-order valence-corrected chi connectivity index (χ1v) is 4.09. The van der Waals surface area contributed by atoms with Crippen LogP contribution in [0.3, 0.4) is 0 Å². The summed E-state index contributed by atoms with van der Waals surface area (Å²) in [5.74, 6) is 0. The fraction of sp³-hybridized carbons (Fsp3) is 1.00. The smallest absolute Gasteiger partial charge is 0.0402 e. The standard InChI is InChI=1S/C6H15N.C2H6O/c1-4-7(5-2)6-3;1-2-3/h4-6H2,1-3H3;3H,2H2,1H3. The summed E-state index contributed by atoms with van der Waals surface area (Å²) < 4.78 is 0. The van der Waals surface area contributed by atoms with Gasteiger partial charge in [-0.3, -0.25) is 0 Å². The Balaban J connectivity index is 0. The van der Waals surface area contributed by atoms with Crippen LogP contribution in [0.25, 0.3) is 0 Å². The van der Waals surface area contributed by atoms with Crippen molar-refractivity contribution >= 4 is 0 Å². The van der Waals surface area contributed by atoms with Crippen LogP contribution in [0.5, 0.6) is 0 Å². The Morgan fingerprint density at radius 1 is 0.900 bits per heavy atom. The number of aliphatic hydroxyl groups excluding tert-OH is 1. The topological polar surface area (TPSA) is 23.5 Å². The van der Waals surface area contributed by atoms with Gasteiger partial charge in [-0.2, -0.15) is 0 Å². The third kappa shape index (κ3) is 10.8. The van der Waals surface area contributed by atoms with Crippen molar-refractivity contribution in [2.24, 2.45) is 0 Å². The van der Waals surface area contributed by atoms with Gasteiger partial charge in [0.2, 0.25) is 0 Å². The van der Waals surface area contributed by atoms with E-state index in [4.69, 9.17) is 5.11 Å². The van der Waals surface area contributed by atoms with Gasteiger partial charge in [-0.1, -0.05) is 20.8 Å². The molecule has 0 spiro atoms. The lowest BCUT2D eigenvalue weighted by atomic mass is 10.5. The van der Waals surface area contributed by atoms with E-state index in [1.165, 1.54) is 19.6 Å². The lowest BCUT2D eigenvalue weighted by Crippen LogP contribution is -2.21. The highest BCUT2D eigenvalue weighted by Gasteiger charge is 1.89. The highest BCUT2D eigenvalue weighted by molar-refractivity contribution is 4.43. The molecule has 1 N–H and O–H groups in total. The molecule has 0 radical (unpaired) electrons. The summed E-state index contributed by atoms with van der Waals surface area (Å²) in [5, 5.41) is 7.57. The number of hydrogen-bond acceptors (Lipinski definition) is 2. The SMILES string of the molecule is CCN(CC)CC.CCO. The van der Waals surface area contributed by atoms with Crippen LogP contribution in [0, 0.1) is 0 Å². The van der Waals surface area contributed by atoms with E-state index in [0.717, 1.165) is 0 Å². The van der Waals surface area contributed by atoms with Crippen molar-refractivity contribution in [3.05, 3.63) is 0 Å². The first-order chi connectivity index (χ1) is 4.76. The van der Waals surface area contributed by atoms with Gasteiger partial charge in [0.15, 0.2) is 0 Å². The van der Waals surface area contributed by atoms with Crippen LogP contribution in [0.4, 0.5) is 0 Å². The van der Waals surface area contributed by atoms with E-state index in [1.807, 2.05) is 0 Å². The molecule has 0 aliphatic rings. The molecule has 0 unspecified atom stereocenters. The first kappa shape index (κ1) is 12.6. The number of rotatable bonds is 3. The lowest BCUT2D eigenvalue weighted by Gasteiger charge is -2.13. The lowest BCUT2D eigenvalue weighted by molar-refractivity contribution is 0.318. The Morgan fingerprint density at radius 2 is 1.10 bits per heavy atom. The molecule has 0 atom stereocenters. The first-order valence-electron chi connectivity index (χ1n) is 4.09. The molecule has 0 aliphatic heterocycles. The molecular weight excluding hydrogens is 126 g/mol. The zero-order valence-corrected chi connectivity index (χ0v) is 7.72. The minimum absolute atomic E-state index is 0.250. The largest absolute Gasteiger partial charge is 0.397 e. The molecule has 0 rings (SSSR count). The monoisotopic (exact) mass is 147 g/mol. The van der Waals surface area contributed by atoms with E-state index in [-0.39, 0.29) is 6.61 Å². The normalized spacial score (nSPS) is 9.00. The fourth-order valence-electron chi connectivity index (χ4n) is 0.671. The fourth-order valence-corrected chi connectivity index (χ4v) is 0.671. The molecule has 10 heavy (non-hydrogen) atoms. The average Bonchev–Trinajstić information content (AvgIpc) is 1.93. The van der Waals surface area contributed by atoms with Gasteiger partial charge in [-0.15, -0.1) is 0 Å². The molecule has 0 amide bonds. The number of hydrogen-bond donors (Lipinski definition) is 1. The van der Waals surface area contributed by atoms with Crippen molar-refractivity contribution in [2.75, 3.05) is 26.2 Å². The van der Waals surface area contributed by atoms with Crippen molar-refractivity contribution in [1.82, 2.24) is 4.90 Å². The third-order valence-corrected chi connectivity index (χ3v) is 1.34. The van der Waals surface area contributed by atoms with Gasteiger partial charge in [-0.05, 0) is 26.6 Å². The van der Waals surface area contributed by atoms with Crippen molar-refractivity contribution in [2.45, 2.75) is 27.7 Å². The number of nitrogens with zero attached hydrogens (tertiary/aromatic N) is 1. The molecule has 0 saturated heterocycles. The maximum atomic E-state index is 7.57. The van der Waals surface area contributed by atoms with E-state index in [9.17, 15) is 0 Å². The Bertz CT molecular complexity index is 39.0. The van der Waals surface area contributed by atoms with Crippen LogP contribution >= 0.6 is 0 Å². The van der Waals surface area contributed by atoms with Crippen LogP contribution in [0.2, 0.25) is 0 Å². The molecule has 0 aliphatic carbocycles. The summed E-state index contributed by atoms with van der Waals surface area (Å²) in [6.45, 7) is 12.1. The second-order valence-corrected chi connectivity index (χ2v) is 1.94. The van der Waals surface area contributed by atoms with Gasteiger partial charge >= 0.3 is 0 Å². The third-order valence-electron chi connectivity index (χ3n) is 1.34. The molecule has 2 heteroatoms. The Labute approximate surface area is 64.9 Å². The van der Waals surface area contributed by atoms with Crippen molar-refractivity contribution in [3.63, 3.8) is 0 Å². The summed E-state index contributed by atoms with van der Waals surface area (Å²) in [5.41, 5.74) is 0. The van der Waals surface area contributed by atoms with Gasteiger partial charge in [0, 0.05) is 6.61 Å². The van der Waals surface area contributed by atoms with Crippen LogP contribution in [-0.4, -0.2) is 36.2 Å². The van der Waals surface area contributed by atoms with E-state index >= 15 is 0 Å². The van der Waals surface area contributed by atoms with Crippen LogP contribution in [0.15, 0.2) is 0 Å². The maximum Gasteiger partial charge on any atom is 0.0402 e. The zero-order valence-electron chi connectivity index (χ0n) is 7.72. The minimum Gasteiger partial charge on any atom is -0.397 e. The van der Waals surface area contributed by atoms with Crippen LogP contribution < -0.4 is 0 Å². The van der Waals surface area contributed by atoms with Crippen LogP contribution in [-0.2, 0) is 0 Å². The van der Waals surface area contributed by atoms with Crippen molar-refractivity contribution in [1.29, 1.82) is 0 Å². The quantitative estimate of drug-likeness (QED) is 0.651. The second-order valence-electron chi connectivity index (χ2n) is 1.94. The molecule has 0 aromatic heterocycles. The predicted molar refractivity (Wildman–Crippen MR) is 46.2 cm³/mol. The second kappa shape index (κ2) is 11.7. The molecule has 0 aromatic rings. The number of aliphatic hydroxyl groups is 1. The van der Waals surface area contributed by atoms with Gasteiger partial charge in [0.1, 0.15) is 0 Å². The summed E-state index contributed by atoms with van der Waals surface area (Å²) in [7, 11) is 0. The van der Waals surface area contributed by atoms with E-state index < -0.39 is 0 Å². The molecular formula is C8H21NO. The predicted octanol–water partition coefficient (Wildman–Crippen LogP) is 1.35. The average molecular weight is 147 g/mol. The molecule has 0 bridgehead atoms. The molecule has 0 heterocycles. The molecule has 0 aromatic carbocycles. The molecule has 0 fully saturated rings. The highest BCUT2D eigenvalue weighted by Crippen LogP contribution is 1.81. The Morgan fingerprint density at radius 3 is 1.10 bits per heavy atom. The minimum atomic E-state index is 0.250. The summed E-state index contributed by atoms with van der Waals surface area (Å²) in [6.07, 6.45) is 0. The van der Waals surface area contributed by atoms with E-state index in [1.54, 1.807) is 6.92 Å². The van der Waals surface area contributed by atoms with Crippen molar-refractivity contribution in [3.8, 4) is 0 Å². The zero-order chi connectivity index (χ0) is 8.41. The molecule has 0 saturated carbocycles. The van der Waals surface area contributed by atoms with E-state index in [2.05, 4.69) is 25.7 Å². The Kier molecular flexibility index (Phi) is 14.7. The molecule has 2 nitrogen and oxygen atoms in total. The Hall–Kier alpha value is -0.0800. The van der Waals surface area contributed by atoms with Gasteiger partial charge in [0.05, 0.1) is 0 Å². The van der Waals surface area contributed by atoms with Gasteiger partial charge < -0.3 is 10.0 Å². The van der Waals surface area contributed by atoms with Gasteiger partial charge in [0.25, 0.3) is 0 Å². The molecule has 64 valence electrons.